The van der Waals surface area contributed by atoms with Crippen LogP contribution in [0.3, 0.4) is 0 Å². The van der Waals surface area contributed by atoms with Crippen LogP contribution in [0, 0.1) is 0 Å². The van der Waals surface area contributed by atoms with Gasteiger partial charge in [0, 0.05) is 11.6 Å². The van der Waals surface area contributed by atoms with Crippen molar-refractivity contribution in [1.29, 1.82) is 0 Å². The molecule has 1 atom stereocenters. The molecule has 0 saturated heterocycles. The molecule has 1 heterocycles. The number of benzene rings is 1. The van der Waals surface area contributed by atoms with Crippen LogP contribution < -0.4 is 10.1 Å². The Balaban J connectivity index is 2.10. The van der Waals surface area contributed by atoms with Crippen LogP contribution in [0.1, 0.15) is 6.92 Å². The van der Waals surface area contributed by atoms with Gasteiger partial charge in [0.05, 0.1) is 6.61 Å². The van der Waals surface area contributed by atoms with Gasteiger partial charge in [-0.15, -0.1) is 0 Å². The van der Waals surface area contributed by atoms with Crippen molar-refractivity contribution in [2.75, 3.05) is 20.3 Å². The molecule has 0 aliphatic rings. The number of pyridine rings is 1. The molecule has 0 aliphatic carbocycles. The van der Waals surface area contributed by atoms with Gasteiger partial charge in [0.15, 0.2) is 0 Å². The molecule has 0 saturated carbocycles. The van der Waals surface area contributed by atoms with Crippen LogP contribution in [0.4, 0.5) is 0 Å². The molecule has 1 N–H and O–H groups in total. The van der Waals surface area contributed by atoms with Gasteiger partial charge < -0.3 is 14.8 Å². The molecule has 5 nitrogen and oxygen atoms in total. The third kappa shape index (κ3) is 3.24. The fourth-order valence-electron chi connectivity index (χ4n) is 1.88. The van der Waals surface area contributed by atoms with Gasteiger partial charge in [-0.2, -0.15) is 0 Å². The predicted molar refractivity (Wildman–Crippen MR) is 76.7 cm³/mol. The lowest BCUT2D eigenvalue weighted by molar-refractivity contribution is -0.146. The quantitative estimate of drug-likeness (QED) is 0.813. The number of ether oxygens (including phenoxy) is 2. The van der Waals surface area contributed by atoms with E-state index in [9.17, 15) is 4.79 Å². The van der Waals surface area contributed by atoms with Crippen molar-refractivity contribution in [3.8, 4) is 5.75 Å². The molecule has 0 radical (unpaired) electrons. The number of aromatic nitrogens is 1. The summed E-state index contributed by atoms with van der Waals surface area (Å²) in [5, 5.41) is 3.89. The summed E-state index contributed by atoms with van der Waals surface area (Å²) in [7, 11) is 1.70. The number of rotatable bonds is 6. The van der Waals surface area contributed by atoms with Gasteiger partial charge in [0.25, 0.3) is 0 Å². The Morgan fingerprint density at radius 3 is 2.90 bits per heavy atom. The van der Waals surface area contributed by atoms with Gasteiger partial charge in [-0.3, -0.25) is 9.78 Å². The van der Waals surface area contributed by atoms with E-state index in [0.717, 1.165) is 10.9 Å². The zero-order valence-corrected chi connectivity index (χ0v) is 11.6. The Morgan fingerprint density at radius 1 is 1.35 bits per heavy atom. The Bertz CT molecular complexity index is 581. The number of para-hydroxylation sites is 1. The predicted octanol–water partition coefficient (Wildman–Crippen LogP) is 1.76. The molecule has 0 spiro atoms. The summed E-state index contributed by atoms with van der Waals surface area (Å²) >= 11 is 0. The van der Waals surface area contributed by atoms with Crippen molar-refractivity contribution in [2.24, 2.45) is 0 Å². The third-order valence-corrected chi connectivity index (χ3v) is 2.92. The molecule has 20 heavy (non-hydrogen) atoms. The molecule has 0 amide bonds. The maximum absolute atomic E-state index is 11.7. The van der Waals surface area contributed by atoms with Crippen molar-refractivity contribution in [1.82, 2.24) is 10.3 Å². The lowest BCUT2D eigenvalue weighted by atomic mass is 10.2. The first-order chi connectivity index (χ1) is 9.76. The number of likely N-dealkylation sites (N-methyl/N-ethyl adjacent to an activating group) is 1. The van der Waals surface area contributed by atoms with E-state index in [0.29, 0.717) is 12.4 Å². The zero-order chi connectivity index (χ0) is 14.4. The minimum atomic E-state index is -0.492. The topological polar surface area (TPSA) is 60.5 Å². The van der Waals surface area contributed by atoms with Crippen molar-refractivity contribution in [2.45, 2.75) is 13.0 Å². The Labute approximate surface area is 117 Å². The normalized spacial score (nSPS) is 12.1. The third-order valence-electron chi connectivity index (χ3n) is 2.92. The van der Waals surface area contributed by atoms with Crippen molar-refractivity contribution in [3.63, 3.8) is 0 Å². The van der Waals surface area contributed by atoms with Crippen molar-refractivity contribution < 1.29 is 14.3 Å². The molecular weight excluding hydrogens is 256 g/mol. The van der Waals surface area contributed by atoms with Crippen LogP contribution in [0.25, 0.3) is 10.9 Å². The maximum Gasteiger partial charge on any atom is 0.326 e. The van der Waals surface area contributed by atoms with Gasteiger partial charge in [0.1, 0.15) is 23.9 Å². The highest BCUT2D eigenvalue weighted by molar-refractivity contribution is 5.84. The van der Waals surface area contributed by atoms with Crippen molar-refractivity contribution in [3.05, 3.63) is 36.5 Å². The van der Waals surface area contributed by atoms with E-state index >= 15 is 0 Å². The van der Waals surface area contributed by atoms with Crippen LogP contribution in [0.2, 0.25) is 0 Å². The summed E-state index contributed by atoms with van der Waals surface area (Å²) in [5.74, 6) is 0.343. The van der Waals surface area contributed by atoms with Crippen LogP contribution in [0.5, 0.6) is 5.75 Å². The van der Waals surface area contributed by atoms with E-state index in [1.165, 1.54) is 0 Å². The second kappa shape index (κ2) is 6.86. The van der Waals surface area contributed by atoms with E-state index in [-0.39, 0.29) is 12.6 Å². The number of carbonyl (C=O) groups is 1. The Hall–Kier alpha value is -2.14. The first-order valence-corrected chi connectivity index (χ1v) is 6.56. The number of carbonyl (C=O) groups excluding carboxylic acids is 1. The van der Waals surface area contributed by atoms with E-state index < -0.39 is 6.04 Å². The van der Waals surface area contributed by atoms with Gasteiger partial charge in [-0.05, 0) is 26.1 Å². The molecule has 2 rings (SSSR count). The highest BCUT2D eigenvalue weighted by Crippen LogP contribution is 2.22. The number of hydrogen-bond donors (Lipinski definition) is 1. The molecule has 0 aliphatic heterocycles. The van der Waals surface area contributed by atoms with Crippen LogP contribution in [-0.4, -0.2) is 37.3 Å². The summed E-state index contributed by atoms with van der Waals surface area (Å²) in [4.78, 5) is 16.0. The minimum absolute atomic E-state index is 0.199. The number of nitrogens with zero attached hydrogens (tertiary/aromatic N) is 1. The molecule has 1 aromatic heterocycles. The largest absolute Gasteiger partial charge is 0.489 e. The second-order valence-corrected chi connectivity index (χ2v) is 4.24. The monoisotopic (exact) mass is 274 g/mol. The fourth-order valence-corrected chi connectivity index (χ4v) is 1.88. The molecule has 1 unspecified atom stereocenters. The molecule has 2 aromatic rings. The smallest absolute Gasteiger partial charge is 0.326 e. The number of hydrogen-bond acceptors (Lipinski definition) is 5. The van der Waals surface area contributed by atoms with E-state index in [1.807, 2.05) is 30.3 Å². The summed E-state index contributed by atoms with van der Waals surface area (Å²) in [6, 6.07) is 9.06. The summed E-state index contributed by atoms with van der Waals surface area (Å²) in [6.45, 7) is 2.33. The van der Waals surface area contributed by atoms with Gasteiger partial charge >= 0.3 is 5.97 Å². The SMILES string of the molecule is CCOC(=O)C(COc1cccc2cccnc12)NC. The van der Waals surface area contributed by atoms with Crippen LogP contribution in [0.15, 0.2) is 36.5 Å². The van der Waals surface area contributed by atoms with E-state index in [2.05, 4.69) is 10.3 Å². The average molecular weight is 274 g/mol. The number of fused-ring (bicyclic) bond motifs is 1. The van der Waals surface area contributed by atoms with E-state index in [1.54, 1.807) is 20.2 Å². The summed E-state index contributed by atoms with van der Waals surface area (Å²) in [5.41, 5.74) is 0.786. The molecule has 1 aromatic carbocycles. The molecular formula is C15H18N2O3. The molecule has 106 valence electrons. The lowest BCUT2D eigenvalue weighted by Crippen LogP contribution is -2.40. The van der Waals surface area contributed by atoms with Crippen LogP contribution >= 0.6 is 0 Å². The van der Waals surface area contributed by atoms with Gasteiger partial charge in [-0.1, -0.05) is 18.2 Å². The second-order valence-electron chi connectivity index (χ2n) is 4.24. The fraction of sp³-hybridized carbons (Fsp3) is 0.333. The first kappa shape index (κ1) is 14.3. The molecule has 0 bridgehead atoms. The molecule has 0 fully saturated rings. The average Bonchev–Trinajstić information content (AvgIpc) is 2.48. The first-order valence-electron chi connectivity index (χ1n) is 6.56. The van der Waals surface area contributed by atoms with Crippen molar-refractivity contribution >= 4 is 16.9 Å². The van der Waals surface area contributed by atoms with E-state index in [4.69, 9.17) is 9.47 Å². The standard InChI is InChI=1S/C15H18N2O3/c1-3-19-15(18)12(16-2)10-20-13-8-4-6-11-7-5-9-17-14(11)13/h4-9,12,16H,3,10H2,1-2H3. The Morgan fingerprint density at radius 2 is 2.15 bits per heavy atom. The molecule has 5 heteroatoms. The highest BCUT2D eigenvalue weighted by Gasteiger charge is 2.18. The number of esters is 1. The maximum atomic E-state index is 11.7. The van der Waals surface area contributed by atoms with Gasteiger partial charge in [0.2, 0.25) is 0 Å². The minimum Gasteiger partial charge on any atom is -0.489 e. The zero-order valence-electron chi connectivity index (χ0n) is 11.6. The Kier molecular flexibility index (Phi) is 4.90. The van der Waals surface area contributed by atoms with Gasteiger partial charge in [-0.25, -0.2) is 0 Å². The summed E-state index contributed by atoms with van der Waals surface area (Å²) in [6.07, 6.45) is 1.72. The number of nitrogens with one attached hydrogen (secondary N) is 1. The lowest BCUT2D eigenvalue weighted by Gasteiger charge is -2.16. The van der Waals surface area contributed by atoms with Crippen LogP contribution in [-0.2, 0) is 9.53 Å². The summed E-state index contributed by atoms with van der Waals surface area (Å²) < 4.78 is 10.7. The highest BCUT2D eigenvalue weighted by atomic mass is 16.5.